The molecule has 0 bridgehead atoms. The van der Waals surface area contributed by atoms with Crippen LogP contribution in [-0.4, -0.2) is 41.1 Å². The minimum Gasteiger partial charge on any atom is -0.507 e. The molecule has 8 heteroatoms. The number of amides is 1. The highest BCUT2D eigenvalue weighted by Gasteiger charge is 2.48. The van der Waals surface area contributed by atoms with Crippen LogP contribution >= 0.6 is 0 Å². The van der Waals surface area contributed by atoms with Crippen molar-refractivity contribution in [1.82, 2.24) is 0 Å². The number of nitrogens with zero attached hydrogens (tertiary/aromatic N) is 1. The van der Waals surface area contributed by atoms with Crippen LogP contribution < -0.4 is 14.4 Å². The van der Waals surface area contributed by atoms with Crippen molar-refractivity contribution in [3.63, 3.8) is 0 Å². The molecule has 0 saturated carbocycles. The first-order chi connectivity index (χ1) is 18.1. The monoisotopic (exact) mass is 515 g/mol. The van der Waals surface area contributed by atoms with Gasteiger partial charge in [0, 0.05) is 16.8 Å². The second-order valence-electron chi connectivity index (χ2n) is 9.29. The Morgan fingerprint density at radius 1 is 0.974 bits per heavy atom. The van der Waals surface area contributed by atoms with E-state index in [-0.39, 0.29) is 23.9 Å². The first-order valence-electron chi connectivity index (χ1n) is 12.1. The van der Waals surface area contributed by atoms with E-state index in [1.54, 1.807) is 66.7 Å². The summed E-state index contributed by atoms with van der Waals surface area (Å²) in [5.74, 6) is -1.86. The van der Waals surface area contributed by atoms with Gasteiger partial charge >= 0.3 is 5.97 Å². The van der Waals surface area contributed by atoms with Crippen molar-refractivity contribution in [2.75, 3.05) is 12.0 Å². The molecule has 4 rings (SSSR count). The maximum atomic E-state index is 13.4. The number of aliphatic carboxylic acids is 1. The van der Waals surface area contributed by atoms with Gasteiger partial charge in [-0.05, 0) is 68.3 Å². The highest BCUT2D eigenvalue weighted by Crippen LogP contribution is 2.45. The lowest BCUT2D eigenvalue weighted by Crippen LogP contribution is -2.29. The Bertz CT molecular complexity index is 1420. The molecular formula is C30H29NO7. The van der Waals surface area contributed by atoms with Gasteiger partial charge < -0.3 is 19.7 Å². The number of anilines is 1. The Morgan fingerprint density at radius 3 is 2.26 bits per heavy atom. The van der Waals surface area contributed by atoms with E-state index in [2.05, 4.69) is 0 Å². The molecule has 1 heterocycles. The van der Waals surface area contributed by atoms with Gasteiger partial charge in [0.25, 0.3) is 11.7 Å². The van der Waals surface area contributed by atoms with E-state index in [1.807, 2.05) is 20.8 Å². The first kappa shape index (κ1) is 26.5. The highest BCUT2D eigenvalue weighted by atomic mass is 16.5. The van der Waals surface area contributed by atoms with Crippen molar-refractivity contribution in [2.45, 2.75) is 39.3 Å². The number of aliphatic hydroxyl groups is 1. The summed E-state index contributed by atoms with van der Waals surface area (Å²) in [6.45, 7) is 5.66. The van der Waals surface area contributed by atoms with Gasteiger partial charge in [-0.1, -0.05) is 30.3 Å². The lowest BCUT2D eigenvalue weighted by Gasteiger charge is -2.27. The zero-order valence-corrected chi connectivity index (χ0v) is 21.6. The molecule has 0 aliphatic carbocycles. The number of benzene rings is 3. The van der Waals surface area contributed by atoms with Crippen molar-refractivity contribution >= 4 is 29.1 Å². The Balaban J connectivity index is 1.88. The van der Waals surface area contributed by atoms with Gasteiger partial charge in [-0.3, -0.25) is 19.3 Å². The van der Waals surface area contributed by atoms with Crippen LogP contribution in [-0.2, 0) is 20.8 Å². The van der Waals surface area contributed by atoms with Crippen molar-refractivity contribution < 1.29 is 34.1 Å². The molecule has 1 unspecified atom stereocenters. The largest absolute Gasteiger partial charge is 0.507 e. The van der Waals surface area contributed by atoms with Crippen molar-refractivity contribution in [3.8, 4) is 11.5 Å². The Kier molecular flexibility index (Phi) is 7.52. The van der Waals surface area contributed by atoms with E-state index in [4.69, 9.17) is 14.6 Å². The number of aryl methyl sites for hydroxylation is 1. The fourth-order valence-corrected chi connectivity index (χ4v) is 4.57. The van der Waals surface area contributed by atoms with E-state index in [1.165, 1.54) is 12.0 Å². The van der Waals surface area contributed by atoms with Crippen LogP contribution in [0, 0.1) is 6.92 Å². The minimum atomic E-state index is -0.983. The summed E-state index contributed by atoms with van der Waals surface area (Å²) in [4.78, 5) is 39.3. The van der Waals surface area contributed by atoms with Gasteiger partial charge in [-0.15, -0.1) is 0 Å². The third-order valence-corrected chi connectivity index (χ3v) is 6.26. The lowest BCUT2D eigenvalue weighted by atomic mass is 9.94. The summed E-state index contributed by atoms with van der Waals surface area (Å²) in [5, 5.41) is 20.5. The maximum Gasteiger partial charge on any atom is 0.307 e. The van der Waals surface area contributed by atoms with Crippen LogP contribution in [0.25, 0.3) is 5.76 Å². The molecule has 0 spiro atoms. The average Bonchev–Trinajstić information content (AvgIpc) is 3.14. The number of hydrogen-bond acceptors (Lipinski definition) is 6. The molecule has 1 amide bonds. The number of para-hydroxylation sites is 1. The summed E-state index contributed by atoms with van der Waals surface area (Å²) < 4.78 is 11.3. The van der Waals surface area contributed by atoms with Gasteiger partial charge in [-0.2, -0.15) is 0 Å². The number of carboxylic acid groups (broad SMARTS) is 1. The molecule has 196 valence electrons. The fourth-order valence-electron chi connectivity index (χ4n) is 4.57. The van der Waals surface area contributed by atoms with Gasteiger partial charge in [0.1, 0.15) is 17.3 Å². The smallest absolute Gasteiger partial charge is 0.307 e. The topological polar surface area (TPSA) is 113 Å². The van der Waals surface area contributed by atoms with Gasteiger partial charge in [0.15, 0.2) is 0 Å². The maximum absolute atomic E-state index is 13.4. The molecule has 0 radical (unpaired) electrons. The third-order valence-electron chi connectivity index (χ3n) is 6.26. The number of rotatable bonds is 8. The SMILES string of the molecule is COc1ccccc1C1/C(=C(\O)c2ccc(OC(C)C)c(C)c2)C(=O)C(=O)N1c1ccc(CC(=O)O)cc1. The summed E-state index contributed by atoms with van der Waals surface area (Å²) in [5.41, 5.74) is 2.50. The van der Waals surface area contributed by atoms with Crippen molar-refractivity contribution in [1.29, 1.82) is 0 Å². The summed E-state index contributed by atoms with van der Waals surface area (Å²) in [7, 11) is 1.49. The van der Waals surface area contributed by atoms with Crippen LogP contribution in [0.1, 0.15) is 42.1 Å². The zero-order valence-electron chi connectivity index (χ0n) is 21.6. The molecule has 0 aromatic heterocycles. The molecule has 1 aliphatic heterocycles. The molecule has 2 N–H and O–H groups in total. The highest BCUT2D eigenvalue weighted by molar-refractivity contribution is 6.51. The summed E-state index contributed by atoms with van der Waals surface area (Å²) in [6, 6.07) is 17.5. The van der Waals surface area contributed by atoms with Crippen LogP contribution in [0.15, 0.2) is 72.3 Å². The third kappa shape index (κ3) is 5.11. The second kappa shape index (κ2) is 10.8. The molecule has 1 saturated heterocycles. The quantitative estimate of drug-likeness (QED) is 0.245. The summed E-state index contributed by atoms with van der Waals surface area (Å²) in [6.07, 6.45) is -0.212. The Labute approximate surface area is 220 Å². The molecule has 3 aromatic carbocycles. The molecule has 8 nitrogen and oxygen atoms in total. The number of aliphatic hydroxyl groups excluding tert-OH is 1. The number of carbonyl (C=O) groups excluding carboxylic acids is 2. The van der Waals surface area contributed by atoms with Crippen LogP contribution in [0.4, 0.5) is 5.69 Å². The van der Waals surface area contributed by atoms with Crippen molar-refractivity contribution in [3.05, 3.63) is 94.6 Å². The lowest BCUT2D eigenvalue weighted by molar-refractivity contribution is -0.136. The number of Topliss-reactive ketones (excluding diaryl/α,β-unsaturated/α-hetero) is 1. The number of hydrogen-bond donors (Lipinski definition) is 2. The molecule has 3 aromatic rings. The van der Waals surface area contributed by atoms with E-state index in [0.717, 1.165) is 5.56 Å². The average molecular weight is 516 g/mol. The van der Waals surface area contributed by atoms with Crippen molar-refractivity contribution in [2.24, 2.45) is 0 Å². The first-order valence-corrected chi connectivity index (χ1v) is 12.1. The van der Waals surface area contributed by atoms with Gasteiger partial charge in [0.2, 0.25) is 0 Å². The molecule has 1 aliphatic rings. The van der Waals surface area contributed by atoms with E-state index in [0.29, 0.717) is 33.9 Å². The number of ether oxygens (including phenoxy) is 2. The molecule has 1 atom stereocenters. The Morgan fingerprint density at radius 2 is 1.66 bits per heavy atom. The molecule has 1 fully saturated rings. The zero-order chi connectivity index (χ0) is 27.6. The molecular weight excluding hydrogens is 486 g/mol. The number of carboxylic acids is 1. The van der Waals surface area contributed by atoms with E-state index < -0.39 is 23.7 Å². The van der Waals surface area contributed by atoms with Crippen LogP contribution in [0.5, 0.6) is 11.5 Å². The normalized spacial score (nSPS) is 16.7. The summed E-state index contributed by atoms with van der Waals surface area (Å²) >= 11 is 0. The van der Waals surface area contributed by atoms with Crippen LogP contribution in [0.3, 0.4) is 0 Å². The number of methoxy groups -OCH3 is 1. The van der Waals surface area contributed by atoms with Gasteiger partial charge in [0.05, 0.1) is 31.2 Å². The second-order valence-corrected chi connectivity index (χ2v) is 9.29. The fraction of sp³-hybridized carbons (Fsp3) is 0.233. The van der Waals surface area contributed by atoms with Crippen LogP contribution in [0.2, 0.25) is 0 Å². The predicted octanol–water partition coefficient (Wildman–Crippen LogP) is 5.04. The number of ketones is 1. The van der Waals surface area contributed by atoms with E-state index in [9.17, 15) is 19.5 Å². The number of carbonyl (C=O) groups is 3. The predicted molar refractivity (Wildman–Crippen MR) is 143 cm³/mol. The minimum absolute atomic E-state index is 0.0362. The van der Waals surface area contributed by atoms with E-state index >= 15 is 0 Å². The standard InChI is InChI=1S/C30H29NO7/c1-17(2)38-23-14-11-20(15-18(23)3)28(34)26-27(22-7-5-6-8-24(22)37-4)31(30(36)29(26)35)21-12-9-19(10-13-21)16-25(32)33/h5-15,17,27,34H,16H2,1-4H3,(H,32,33)/b28-26+. The molecule has 38 heavy (non-hydrogen) atoms. The van der Waals surface area contributed by atoms with Gasteiger partial charge in [-0.25, -0.2) is 0 Å². The Hall–Kier alpha value is -4.59.